The number of hydrogen-bond donors (Lipinski definition) is 1. The summed E-state index contributed by atoms with van der Waals surface area (Å²) in [6.45, 7) is -0.395. The number of alkyl halides is 6. The number of nitrogens with one attached hydrogen (secondary N) is 1. The van der Waals surface area contributed by atoms with Crippen molar-refractivity contribution in [3.05, 3.63) is 29.6 Å². The summed E-state index contributed by atoms with van der Waals surface area (Å²) in [5.41, 5.74) is -5.00. The molecule has 3 aliphatic rings. The highest BCUT2D eigenvalue weighted by atomic mass is 32.2. The van der Waals surface area contributed by atoms with Crippen molar-refractivity contribution in [1.29, 1.82) is 5.26 Å². The predicted octanol–water partition coefficient (Wildman–Crippen LogP) is 4.42. The Morgan fingerprint density at radius 2 is 1.76 bits per heavy atom. The average Bonchev–Trinajstić information content (AvgIpc) is 3.65. The molecular formula is C21H18F7N3O2S. The van der Waals surface area contributed by atoms with Gasteiger partial charge in [-0.25, -0.2) is 4.39 Å². The summed E-state index contributed by atoms with van der Waals surface area (Å²) in [5.74, 6) is -3.21. The van der Waals surface area contributed by atoms with Crippen molar-refractivity contribution in [2.24, 2.45) is 5.41 Å². The van der Waals surface area contributed by atoms with Crippen LogP contribution in [0, 0.1) is 22.6 Å². The molecule has 3 fully saturated rings. The molecule has 34 heavy (non-hydrogen) atoms. The van der Waals surface area contributed by atoms with Crippen LogP contribution in [0.15, 0.2) is 23.1 Å². The number of carbonyl (C=O) groups is 2. The molecule has 1 aliphatic heterocycles. The minimum atomic E-state index is -4.88. The lowest BCUT2D eigenvalue weighted by molar-refractivity contribution is -0.199. The third kappa shape index (κ3) is 4.44. The highest BCUT2D eigenvalue weighted by Crippen LogP contribution is 2.59. The van der Waals surface area contributed by atoms with E-state index in [1.54, 1.807) is 0 Å². The minimum Gasteiger partial charge on any atom is -0.336 e. The van der Waals surface area contributed by atoms with Crippen molar-refractivity contribution in [1.82, 2.24) is 10.2 Å². The standard InChI is InChI=1S/C21H18F7N3O2S/c22-11-1-2-15(13(7-11)20(23,24)25)34-12-8-14(16(32)30-18(10-29)3-4-18)31(9-12)17(33)19(5-6-19)21(26,27)28/h1-2,7,12,14H,3-6,8-9H2,(H,30,32)/t12?,14-/m0/s1. The second-order valence-corrected chi connectivity index (χ2v) is 10.2. The Morgan fingerprint density at radius 3 is 2.26 bits per heavy atom. The van der Waals surface area contributed by atoms with E-state index in [4.69, 9.17) is 0 Å². The van der Waals surface area contributed by atoms with Crippen molar-refractivity contribution in [3.63, 3.8) is 0 Å². The molecule has 2 atom stereocenters. The Balaban J connectivity index is 1.60. The van der Waals surface area contributed by atoms with E-state index in [9.17, 15) is 45.6 Å². The molecule has 2 saturated carbocycles. The van der Waals surface area contributed by atoms with E-state index in [1.165, 1.54) is 0 Å². The summed E-state index contributed by atoms with van der Waals surface area (Å²) in [4.78, 5) is 26.2. The van der Waals surface area contributed by atoms with Crippen molar-refractivity contribution >= 4 is 23.6 Å². The van der Waals surface area contributed by atoms with Gasteiger partial charge in [0.1, 0.15) is 22.8 Å². The molecule has 1 saturated heterocycles. The normalized spacial score (nSPS) is 24.9. The fraction of sp³-hybridized carbons (Fsp3) is 0.571. The first-order valence-electron chi connectivity index (χ1n) is 10.4. The molecule has 4 rings (SSSR count). The van der Waals surface area contributed by atoms with Crippen LogP contribution >= 0.6 is 11.8 Å². The molecule has 2 aliphatic carbocycles. The molecule has 2 amide bonds. The number of carbonyl (C=O) groups excluding carboxylic acids is 2. The molecule has 0 aromatic heterocycles. The molecular weight excluding hydrogens is 491 g/mol. The molecule has 5 nitrogen and oxygen atoms in total. The molecule has 0 bridgehead atoms. The maximum absolute atomic E-state index is 13.6. The summed E-state index contributed by atoms with van der Waals surface area (Å²) in [6, 6.07) is 2.60. The van der Waals surface area contributed by atoms with E-state index in [0.717, 1.165) is 17.0 Å². The fourth-order valence-electron chi connectivity index (χ4n) is 4.09. The van der Waals surface area contributed by atoms with E-state index < -0.39 is 77.2 Å². The summed E-state index contributed by atoms with van der Waals surface area (Å²) in [7, 11) is 0. The lowest BCUT2D eigenvalue weighted by atomic mass is 10.0. The zero-order valence-corrected chi connectivity index (χ0v) is 18.2. The first kappa shape index (κ1) is 24.6. The quantitative estimate of drug-likeness (QED) is 0.597. The number of rotatable bonds is 5. The monoisotopic (exact) mass is 509 g/mol. The molecule has 1 aromatic rings. The lowest BCUT2D eigenvalue weighted by Gasteiger charge is -2.29. The molecule has 0 radical (unpaired) electrons. The van der Waals surface area contributed by atoms with Gasteiger partial charge in [-0.05, 0) is 50.3 Å². The summed E-state index contributed by atoms with van der Waals surface area (Å²) in [6.07, 6.45) is -10.1. The minimum absolute atomic E-state index is 0.216. The largest absolute Gasteiger partial charge is 0.417 e. The molecule has 1 N–H and O–H groups in total. The van der Waals surface area contributed by atoms with Crippen molar-refractivity contribution in [2.45, 2.75) is 66.2 Å². The smallest absolute Gasteiger partial charge is 0.336 e. The van der Waals surface area contributed by atoms with Crippen molar-refractivity contribution < 1.29 is 40.3 Å². The first-order chi connectivity index (χ1) is 15.7. The molecule has 1 heterocycles. The van der Waals surface area contributed by atoms with Crippen molar-refractivity contribution in [3.8, 4) is 6.07 Å². The molecule has 184 valence electrons. The zero-order chi connectivity index (χ0) is 25.1. The lowest BCUT2D eigenvalue weighted by Crippen LogP contribution is -2.53. The van der Waals surface area contributed by atoms with Gasteiger partial charge in [0, 0.05) is 16.7 Å². The van der Waals surface area contributed by atoms with E-state index in [-0.39, 0.29) is 11.3 Å². The number of hydrogen-bond acceptors (Lipinski definition) is 4. The van der Waals surface area contributed by atoms with Gasteiger partial charge in [0.05, 0.1) is 11.6 Å². The third-order valence-corrected chi connectivity index (χ3v) is 7.68. The van der Waals surface area contributed by atoms with Gasteiger partial charge >= 0.3 is 12.4 Å². The van der Waals surface area contributed by atoms with Gasteiger partial charge in [-0.15, -0.1) is 11.8 Å². The highest BCUT2D eigenvalue weighted by Gasteiger charge is 2.70. The van der Waals surface area contributed by atoms with Gasteiger partial charge in [-0.2, -0.15) is 31.6 Å². The topological polar surface area (TPSA) is 73.2 Å². The van der Waals surface area contributed by atoms with Crippen LogP contribution in [0.1, 0.15) is 37.7 Å². The molecule has 0 spiro atoms. The van der Waals surface area contributed by atoms with Crippen LogP contribution in [0.4, 0.5) is 30.7 Å². The molecule has 1 aromatic carbocycles. The fourth-order valence-corrected chi connectivity index (χ4v) is 5.41. The number of thioether (sulfide) groups is 1. The maximum Gasteiger partial charge on any atom is 0.417 e. The third-order valence-electron chi connectivity index (χ3n) is 6.40. The van der Waals surface area contributed by atoms with E-state index in [1.807, 2.05) is 6.07 Å². The van der Waals surface area contributed by atoms with Crippen LogP contribution in [0.2, 0.25) is 0 Å². The number of halogens is 7. The van der Waals surface area contributed by atoms with E-state index in [0.29, 0.717) is 30.7 Å². The molecule has 1 unspecified atom stereocenters. The zero-order valence-electron chi connectivity index (χ0n) is 17.4. The van der Waals surface area contributed by atoms with Gasteiger partial charge in [0.25, 0.3) is 0 Å². The Morgan fingerprint density at radius 1 is 1.12 bits per heavy atom. The Kier molecular flexibility index (Phi) is 5.82. The summed E-state index contributed by atoms with van der Waals surface area (Å²) in [5, 5.41) is 10.8. The highest BCUT2D eigenvalue weighted by molar-refractivity contribution is 8.00. The van der Waals surface area contributed by atoms with Gasteiger partial charge in [-0.1, -0.05) is 0 Å². The predicted molar refractivity (Wildman–Crippen MR) is 105 cm³/mol. The maximum atomic E-state index is 13.6. The van der Waals surface area contributed by atoms with Gasteiger partial charge in [-0.3, -0.25) is 9.59 Å². The number of nitrogens with zero attached hydrogens (tertiary/aromatic N) is 2. The van der Waals surface area contributed by atoms with Gasteiger partial charge in [0.2, 0.25) is 11.8 Å². The second kappa shape index (κ2) is 8.03. The SMILES string of the molecule is N#CC1(NC(=O)[C@@H]2CC(Sc3ccc(F)cc3C(F)(F)F)CN2C(=O)C2(C(F)(F)F)CC2)CC1. The average molecular weight is 509 g/mol. The van der Waals surface area contributed by atoms with Crippen LogP contribution in [-0.2, 0) is 15.8 Å². The van der Waals surface area contributed by atoms with Crippen LogP contribution in [0.25, 0.3) is 0 Å². The van der Waals surface area contributed by atoms with Crippen LogP contribution < -0.4 is 5.32 Å². The van der Waals surface area contributed by atoms with Crippen LogP contribution in [0.3, 0.4) is 0 Å². The number of benzene rings is 1. The van der Waals surface area contributed by atoms with E-state index in [2.05, 4.69) is 5.32 Å². The first-order valence-corrected chi connectivity index (χ1v) is 11.2. The Labute approximate surface area is 193 Å². The Hall–Kier alpha value is -2.49. The molecule has 13 heteroatoms. The van der Waals surface area contributed by atoms with Crippen LogP contribution in [-0.4, -0.2) is 46.3 Å². The van der Waals surface area contributed by atoms with Gasteiger partial charge in [0.15, 0.2) is 0 Å². The number of likely N-dealkylation sites (tertiary alicyclic amines) is 1. The van der Waals surface area contributed by atoms with Crippen LogP contribution in [0.5, 0.6) is 0 Å². The summed E-state index contributed by atoms with van der Waals surface area (Å²) >= 11 is 0.627. The van der Waals surface area contributed by atoms with E-state index >= 15 is 0 Å². The number of amides is 2. The summed E-state index contributed by atoms with van der Waals surface area (Å²) < 4.78 is 94.3. The second-order valence-electron chi connectivity index (χ2n) is 8.85. The Bertz CT molecular complexity index is 1060. The van der Waals surface area contributed by atoms with Gasteiger partial charge < -0.3 is 10.2 Å². The number of nitriles is 1. The van der Waals surface area contributed by atoms with Crippen molar-refractivity contribution in [2.75, 3.05) is 6.54 Å².